The van der Waals surface area contributed by atoms with E-state index in [0.717, 1.165) is 36.6 Å². The van der Waals surface area contributed by atoms with E-state index in [9.17, 15) is 4.79 Å². The number of benzene rings is 1. The molecule has 0 bridgehead atoms. The molecule has 22 heavy (non-hydrogen) atoms. The summed E-state index contributed by atoms with van der Waals surface area (Å²) in [6.07, 6.45) is 5.57. The van der Waals surface area contributed by atoms with Crippen LogP contribution in [0.1, 0.15) is 37.7 Å². The predicted octanol–water partition coefficient (Wildman–Crippen LogP) is 1.99. The number of nitrogens with zero attached hydrogens (tertiary/aromatic N) is 2. The van der Waals surface area contributed by atoms with Crippen LogP contribution in [0.2, 0.25) is 0 Å². The van der Waals surface area contributed by atoms with Crippen molar-refractivity contribution in [3.8, 4) is 0 Å². The van der Waals surface area contributed by atoms with Gasteiger partial charge in [0.1, 0.15) is 5.82 Å². The Balaban J connectivity index is 1.70. The molecule has 6 nitrogen and oxygen atoms in total. The molecule has 6 heteroatoms. The van der Waals surface area contributed by atoms with Gasteiger partial charge in [0.05, 0.1) is 5.52 Å². The van der Waals surface area contributed by atoms with Crippen molar-refractivity contribution < 1.29 is 4.79 Å². The SMILES string of the molecule is Nc1nc(N)c2ccc(CNC(=O)C3CCCCC3)cc2n1. The maximum atomic E-state index is 12.2. The summed E-state index contributed by atoms with van der Waals surface area (Å²) in [5.41, 5.74) is 13.1. The highest BCUT2D eigenvalue weighted by Gasteiger charge is 2.20. The molecule has 0 atom stereocenters. The highest BCUT2D eigenvalue weighted by Crippen LogP contribution is 2.24. The molecule has 1 amide bonds. The maximum Gasteiger partial charge on any atom is 0.223 e. The Morgan fingerprint density at radius 2 is 1.95 bits per heavy atom. The Labute approximate surface area is 129 Å². The van der Waals surface area contributed by atoms with Crippen LogP contribution in [0.3, 0.4) is 0 Å². The zero-order valence-corrected chi connectivity index (χ0v) is 12.5. The summed E-state index contributed by atoms with van der Waals surface area (Å²) in [7, 11) is 0. The van der Waals surface area contributed by atoms with Crippen molar-refractivity contribution in [2.45, 2.75) is 38.6 Å². The van der Waals surface area contributed by atoms with Gasteiger partial charge in [0.25, 0.3) is 0 Å². The van der Waals surface area contributed by atoms with Crippen LogP contribution < -0.4 is 16.8 Å². The fraction of sp³-hybridized carbons (Fsp3) is 0.438. The molecule has 0 radical (unpaired) electrons. The van der Waals surface area contributed by atoms with Crippen molar-refractivity contribution in [3.63, 3.8) is 0 Å². The van der Waals surface area contributed by atoms with Crippen LogP contribution in [-0.2, 0) is 11.3 Å². The molecule has 1 aromatic heterocycles. The maximum absolute atomic E-state index is 12.2. The number of aromatic nitrogens is 2. The minimum absolute atomic E-state index is 0.154. The first kappa shape index (κ1) is 14.6. The number of carbonyl (C=O) groups is 1. The lowest BCUT2D eigenvalue weighted by Crippen LogP contribution is -2.31. The molecule has 1 aliphatic carbocycles. The van der Waals surface area contributed by atoms with Crippen LogP contribution >= 0.6 is 0 Å². The lowest BCUT2D eigenvalue weighted by atomic mass is 9.88. The third kappa shape index (κ3) is 3.10. The largest absolute Gasteiger partial charge is 0.383 e. The first-order valence-electron chi connectivity index (χ1n) is 7.73. The molecule has 1 aromatic carbocycles. The summed E-state index contributed by atoms with van der Waals surface area (Å²) >= 11 is 0. The van der Waals surface area contributed by atoms with E-state index in [-0.39, 0.29) is 17.8 Å². The molecule has 1 fully saturated rings. The number of fused-ring (bicyclic) bond motifs is 1. The van der Waals surface area contributed by atoms with Crippen LogP contribution in [0.5, 0.6) is 0 Å². The average Bonchev–Trinajstić information content (AvgIpc) is 2.53. The van der Waals surface area contributed by atoms with Gasteiger partial charge in [0, 0.05) is 17.8 Å². The highest BCUT2D eigenvalue weighted by molar-refractivity contribution is 5.89. The van der Waals surface area contributed by atoms with Crippen LogP contribution in [0.25, 0.3) is 10.9 Å². The molecule has 3 rings (SSSR count). The number of rotatable bonds is 3. The van der Waals surface area contributed by atoms with Gasteiger partial charge >= 0.3 is 0 Å². The number of nitrogens with one attached hydrogen (secondary N) is 1. The summed E-state index contributed by atoms with van der Waals surface area (Å²) in [6.45, 7) is 0.495. The molecule has 0 unspecified atom stereocenters. The summed E-state index contributed by atoms with van der Waals surface area (Å²) < 4.78 is 0. The van der Waals surface area contributed by atoms with E-state index in [1.54, 1.807) is 0 Å². The molecule has 1 saturated carbocycles. The molecule has 5 N–H and O–H groups in total. The van der Waals surface area contributed by atoms with Gasteiger partial charge in [0.15, 0.2) is 0 Å². The second kappa shape index (κ2) is 6.17. The van der Waals surface area contributed by atoms with Crippen molar-refractivity contribution in [2.75, 3.05) is 11.5 Å². The quantitative estimate of drug-likeness (QED) is 0.803. The first-order chi connectivity index (χ1) is 10.6. The minimum atomic E-state index is 0.154. The molecule has 116 valence electrons. The van der Waals surface area contributed by atoms with E-state index in [4.69, 9.17) is 11.5 Å². The molecular weight excluding hydrogens is 278 g/mol. The Morgan fingerprint density at radius 3 is 2.73 bits per heavy atom. The van der Waals surface area contributed by atoms with Gasteiger partial charge in [0.2, 0.25) is 11.9 Å². The van der Waals surface area contributed by atoms with Gasteiger partial charge in [-0.15, -0.1) is 0 Å². The monoisotopic (exact) mass is 299 g/mol. The van der Waals surface area contributed by atoms with Crippen LogP contribution in [0, 0.1) is 5.92 Å². The second-order valence-corrected chi connectivity index (χ2v) is 5.87. The third-order valence-corrected chi connectivity index (χ3v) is 4.25. The van der Waals surface area contributed by atoms with E-state index in [0.29, 0.717) is 17.9 Å². The van der Waals surface area contributed by atoms with Gasteiger partial charge in [-0.1, -0.05) is 25.3 Å². The summed E-state index contributed by atoms with van der Waals surface area (Å²) in [5.74, 6) is 0.859. The highest BCUT2D eigenvalue weighted by atomic mass is 16.1. The molecule has 0 aliphatic heterocycles. The lowest BCUT2D eigenvalue weighted by molar-refractivity contribution is -0.126. The van der Waals surface area contributed by atoms with Gasteiger partial charge < -0.3 is 16.8 Å². The molecular formula is C16H21N5O. The van der Waals surface area contributed by atoms with Crippen molar-refractivity contribution in [1.82, 2.24) is 15.3 Å². The average molecular weight is 299 g/mol. The summed E-state index contributed by atoms with van der Waals surface area (Å²) in [6, 6.07) is 5.69. The number of hydrogen-bond donors (Lipinski definition) is 3. The summed E-state index contributed by atoms with van der Waals surface area (Å²) in [5, 5.41) is 3.79. The zero-order chi connectivity index (χ0) is 15.5. The van der Waals surface area contributed by atoms with E-state index in [1.165, 1.54) is 6.42 Å². The number of nitrogens with two attached hydrogens (primary N) is 2. The topological polar surface area (TPSA) is 107 Å². The van der Waals surface area contributed by atoms with Crippen LogP contribution in [-0.4, -0.2) is 15.9 Å². The van der Waals surface area contributed by atoms with Gasteiger partial charge in [-0.2, -0.15) is 4.98 Å². The van der Waals surface area contributed by atoms with Crippen molar-refractivity contribution in [1.29, 1.82) is 0 Å². The fourth-order valence-corrected chi connectivity index (χ4v) is 3.03. The predicted molar refractivity (Wildman–Crippen MR) is 86.8 cm³/mol. The standard InChI is InChI=1S/C16H21N5O/c17-14-12-7-6-10(8-13(12)20-16(18)21-14)9-19-15(22)11-4-2-1-3-5-11/h6-8,11H,1-5,9H2,(H,19,22)(H4,17,18,20,21). The van der Waals surface area contributed by atoms with Gasteiger partial charge in [-0.25, -0.2) is 4.98 Å². The number of amides is 1. The Bertz CT molecular complexity index is 694. The van der Waals surface area contributed by atoms with Crippen molar-refractivity contribution in [3.05, 3.63) is 23.8 Å². The minimum Gasteiger partial charge on any atom is -0.383 e. The molecule has 1 aliphatic rings. The van der Waals surface area contributed by atoms with Crippen LogP contribution in [0.4, 0.5) is 11.8 Å². The third-order valence-electron chi connectivity index (χ3n) is 4.25. The molecule has 0 spiro atoms. The first-order valence-corrected chi connectivity index (χ1v) is 7.73. The number of anilines is 2. The number of carbonyl (C=O) groups excluding carboxylic acids is 1. The second-order valence-electron chi connectivity index (χ2n) is 5.87. The van der Waals surface area contributed by atoms with E-state index in [2.05, 4.69) is 15.3 Å². The zero-order valence-electron chi connectivity index (χ0n) is 12.5. The van der Waals surface area contributed by atoms with Gasteiger partial charge in [-0.05, 0) is 30.5 Å². The van der Waals surface area contributed by atoms with E-state index >= 15 is 0 Å². The smallest absolute Gasteiger partial charge is 0.223 e. The van der Waals surface area contributed by atoms with Crippen LogP contribution in [0.15, 0.2) is 18.2 Å². The number of hydrogen-bond acceptors (Lipinski definition) is 5. The normalized spacial score (nSPS) is 15.8. The van der Waals surface area contributed by atoms with Crippen molar-refractivity contribution >= 4 is 28.6 Å². The van der Waals surface area contributed by atoms with E-state index in [1.807, 2.05) is 18.2 Å². The molecule has 0 saturated heterocycles. The molecule has 2 aromatic rings. The lowest BCUT2D eigenvalue weighted by Gasteiger charge is -2.20. The fourth-order valence-electron chi connectivity index (χ4n) is 3.03. The Hall–Kier alpha value is -2.37. The Morgan fingerprint density at radius 1 is 1.18 bits per heavy atom. The van der Waals surface area contributed by atoms with Gasteiger partial charge in [-0.3, -0.25) is 4.79 Å². The Kier molecular flexibility index (Phi) is 4.09. The number of nitrogen functional groups attached to an aromatic ring is 2. The van der Waals surface area contributed by atoms with Crippen molar-refractivity contribution in [2.24, 2.45) is 5.92 Å². The summed E-state index contributed by atoms with van der Waals surface area (Å²) in [4.78, 5) is 20.3. The molecule has 1 heterocycles. The van der Waals surface area contributed by atoms with E-state index < -0.39 is 0 Å².